The van der Waals surface area contributed by atoms with Crippen LogP contribution in [0.25, 0.3) is 0 Å². The summed E-state index contributed by atoms with van der Waals surface area (Å²) in [4.78, 5) is 11.9. The summed E-state index contributed by atoms with van der Waals surface area (Å²) in [6, 6.07) is 8.20. The highest BCUT2D eigenvalue weighted by atomic mass is 79.9. The molecule has 32 heavy (non-hydrogen) atoms. The van der Waals surface area contributed by atoms with Crippen molar-refractivity contribution in [3.63, 3.8) is 0 Å². The SMILES string of the molecule is O=C(O[C@H]1C[C@H](C(F)(F)F)CC=C1Br)c1ccccc1.O[C@@H]1C[C@H](C(F)(F)F)CC=C1Br. The van der Waals surface area contributed by atoms with Crippen molar-refractivity contribution < 1.29 is 41.0 Å². The van der Waals surface area contributed by atoms with Gasteiger partial charge in [-0.05, 0) is 31.4 Å². The van der Waals surface area contributed by atoms with E-state index in [0.717, 1.165) is 0 Å². The van der Waals surface area contributed by atoms with Crippen LogP contribution in [0.1, 0.15) is 36.0 Å². The van der Waals surface area contributed by atoms with Gasteiger partial charge < -0.3 is 9.84 Å². The molecule has 0 saturated carbocycles. The second-order valence-corrected chi connectivity index (χ2v) is 9.21. The number of ether oxygens (including phenoxy) is 1. The van der Waals surface area contributed by atoms with Gasteiger partial charge in [-0.3, -0.25) is 0 Å². The van der Waals surface area contributed by atoms with Crippen molar-refractivity contribution in [2.45, 2.75) is 50.2 Å². The number of halogens is 8. The lowest BCUT2D eigenvalue weighted by Crippen LogP contribution is -2.32. The topological polar surface area (TPSA) is 46.5 Å². The molecule has 0 fully saturated rings. The lowest BCUT2D eigenvalue weighted by Gasteiger charge is -2.28. The molecule has 1 N–H and O–H groups in total. The van der Waals surface area contributed by atoms with Crippen molar-refractivity contribution in [3.05, 3.63) is 57.0 Å². The van der Waals surface area contributed by atoms with Crippen molar-refractivity contribution in [3.8, 4) is 0 Å². The Morgan fingerprint density at radius 1 is 0.875 bits per heavy atom. The van der Waals surface area contributed by atoms with Gasteiger partial charge in [-0.25, -0.2) is 4.79 Å². The van der Waals surface area contributed by atoms with Crippen molar-refractivity contribution in [2.24, 2.45) is 11.8 Å². The summed E-state index contributed by atoms with van der Waals surface area (Å²) in [6.45, 7) is 0. The van der Waals surface area contributed by atoms with Crippen LogP contribution in [0.5, 0.6) is 0 Å². The van der Waals surface area contributed by atoms with E-state index in [2.05, 4.69) is 31.9 Å². The third kappa shape index (κ3) is 7.91. The number of carbonyl (C=O) groups excluding carboxylic acids is 1. The molecule has 2 aliphatic rings. The number of carbonyl (C=O) groups is 1. The zero-order valence-corrected chi connectivity index (χ0v) is 19.6. The molecule has 1 aromatic rings. The molecule has 3 rings (SSSR count). The summed E-state index contributed by atoms with van der Waals surface area (Å²) in [5.74, 6) is -3.49. The maximum absolute atomic E-state index is 12.7. The second-order valence-electron chi connectivity index (χ2n) is 7.37. The zero-order valence-electron chi connectivity index (χ0n) is 16.5. The summed E-state index contributed by atoms with van der Waals surface area (Å²) in [6.07, 6.45) is -8.16. The van der Waals surface area contributed by atoms with Gasteiger partial charge >= 0.3 is 18.3 Å². The number of aliphatic hydroxyl groups is 1. The Morgan fingerprint density at radius 2 is 1.38 bits per heavy atom. The minimum Gasteiger partial charge on any atom is -0.453 e. The number of hydrogen-bond acceptors (Lipinski definition) is 3. The third-order valence-corrected chi connectivity index (χ3v) is 6.70. The molecule has 0 radical (unpaired) electrons. The van der Waals surface area contributed by atoms with Crippen LogP contribution < -0.4 is 0 Å². The highest BCUT2D eigenvalue weighted by Crippen LogP contribution is 2.40. The van der Waals surface area contributed by atoms with E-state index in [0.29, 0.717) is 14.5 Å². The van der Waals surface area contributed by atoms with Gasteiger partial charge in [0.15, 0.2) is 0 Å². The Kier molecular flexibility index (Phi) is 9.42. The van der Waals surface area contributed by atoms with E-state index in [9.17, 15) is 31.1 Å². The van der Waals surface area contributed by atoms with Crippen LogP contribution >= 0.6 is 31.9 Å². The monoisotopic (exact) mass is 592 g/mol. The van der Waals surface area contributed by atoms with E-state index >= 15 is 0 Å². The molecule has 0 unspecified atom stereocenters. The summed E-state index contributed by atoms with van der Waals surface area (Å²) in [7, 11) is 0. The summed E-state index contributed by atoms with van der Waals surface area (Å²) < 4.78 is 80.5. The molecule has 11 heteroatoms. The van der Waals surface area contributed by atoms with Gasteiger partial charge in [0.25, 0.3) is 0 Å². The average Bonchev–Trinajstić information content (AvgIpc) is 2.71. The molecule has 3 nitrogen and oxygen atoms in total. The molecule has 0 bridgehead atoms. The van der Waals surface area contributed by atoms with Gasteiger partial charge in [-0.1, -0.05) is 62.2 Å². The van der Waals surface area contributed by atoms with Gasteiger partial charge in [0, 0.05) is 15.4 Å². The number of hydrogen-bond donors (Lipinski definition) is 1. The fourth-order valence-electron chi connectivity index (χ4n) is 3.13. The number of allylic oxidation sites excluding steroid dienone is 2. The van der Waals surface area contributed by atoms with Crippen LogP contribution in [-0.4, -0.2) is 35.6 Å². The molecule has 4 atom stereocenters. The Bertz CT molecular complexity index is 836. The molecule has 0 amide bonds. The van der Waals surface area contributed by atoms with Crippen LogP contribution in [0.3, 0.4) is 0 Å². The highest BCUT2D eigenvalue weighted by molar-refractivity contribution is 9.12. The van der Waals surface area contributed by atoms with Gasteiger partial charge in [0.2, 0.25) is 0 Å². The smallest absolute Gasteiger partial charge is 0.392 e. The van der Waals surface area contributed by atoms with Crippen LogP contribution in [0.4, 0.5) is 26.3 Å². The Morgan fingerprint density at radius 3 is 1.88 bits per heavy atom. The maximum Gasteiger partial charge on any atom is 0.392 e. The lowest BCUT2D eigenvalue weighted by molar-refractivity contribution is -0.181. The Hall–Kier alpha value is -1.33. The van der Waals surface area contributed by atoms with Gasteiger partial charge in [-0.2, -0.15) is 26.3 Å². The largest absolute Gasteiger partial charge is 0.453 e. The molecule has 0 spiro atoms. The van der Waals surface area contributed by atoms with Crippen molar-refractivity contribution in [1.29, 1.82) is 0 Å². The van der Waals surface area contributed by atoms with E-state index in [1.807, 2.05) is 0 Å². The standard InChI is InChI=1S/C14H12BrF3O2.C7H8BrF3O/c15-11-7-6-10(14(16,17)18)8-12(11)20-13(19)9-4-2-1-3-5-9;8-5-2-1-4(3-6(5)12)7(9,10)11/h1-5,7,10,12H,6,8H2;2,4,6,12H,1,3H2/t10-,12+;4-,6-/m11/s1. The fourth-order valence-corrected chi connectivity index (χ4v) is 3.97. The number of rotatable bonds is 2. The average molecular weight is 594 g/mol. The lowest BCUT2D eigenvalue weighted by atomic mass is 9.92. The predicted octanol–water partition coefficient (Wildman–Crippen LogP) is 7.06. The maximum atomic E-state index is 12.7. The Balaban J connectivity index is 0.000000258. The second kappa shape index (κ2) is 11.2. The van der Waals surface area contributed by atoms with Crippen molar-refractivity contribution in [1.82, 2.24) is 0 Å². The Labute approximate surface area is 197 Å². The number of esters is 1. The molecule has 0 aliphatic heterocycles. The van der Waals surface area contributed by atoms with Crippen molar-refractivity contribution in [2.75, 3.05) is 0 Å². The number of alkyl halides is 6. The molecule has 0 heterocycles. The predicted molar refractivity (Wildman–Crippen MR) is 113 cm³/mol. The molecule has 2 aliphatic carbocycles. The first-order valence-electron chi connectivity index (χ1n) is 9.57. The molecule has 178 valence electrons. The first kappa shape index (κ1) is 26.9. The normalized spacial score (nSPS) is 26.3. The van der Waals surface area contributed by atoms with E-state index < -0.39 is 42.4 Å². The van der Waals surface area contributed by atoms with Crippen LogP contribution in [-0.2, 0) is 4.74 Å². The fraction of sp³-hybridized carbons (Fsp3) is 0.476. The van der Waals surface area contributed by atoms with Gasteiger partial charge in [0.1, 0.15) is 6.10 Å². The van der Waals surface area contributed by atoms with Crippen LogP contribution in [0, 0.1) is 11.8 Å². The molecular formula is C21H20Br2F6O3. The summed E-state index contributed by atoms with van der Waals surface area (Å²) in [5, 5.41) is 9.10. The number of benzene rings is 1. The van der Waals surface area contributed by atoms with Gasteiger partial charge in [0.05, 0.1) is 23.5 Å². The number of aliphatic hydroxyl groups excluding tert-OH is 1. The highest BCUT2D eigenvalue weighted by Gasteiger charge is 2.43. The summed E-state index contributed by atoms with van der Waals surface area (Å²) in [5.41, 5.74) is 0.321. The van der Waals surface area contributed by atoms with Crippen LogP contribution in [0.2, 0.25) is 0 Å². The molecule has 0 saturated heterocycles. The van der Waals surface area contributed by atoms with E-state index in [4.69, 9.17) is 9.84 Å². The molecule has 1 aromatic carbocycles. The van der Waals surface area contributed by atoms with Crippen LogP contribution in [0.15, 0.2) is 51.4 Å². The van der Waals surface area contributed by atoms with E-state index in [1.165, 1.54) is 12.2 Å². The minimum absolute atomic E-state index is 0.0405. The zero-order chi connectivity index (χ0) is 24.1. The first-order valence-corrected chi connectivity index (χ1v) is 11.2. The summed E-state index contributed by atoms with van der Waals surface area (Å²) >= 11 is 6.16. The molecular weight excluding hydrogens is 574 g/mol. The van der Waals surface area contributed by atoms with Gasteiger partial charge in [-0.15, -0.1) is 0 Å². The minimum atomic E-state index is -4.28. The van der Waals surface area contributed by atoms with Crippen molar-refractivity contribution >= 4 is 37.8 Å². The van der Waals surface area contributed by atoms with E-state index in [-0.39, 0.29) is 25.7 Å². The first-order chi connectivity index (χ1) is 14.8. The van der Waals surface area contributed by atoms with E-state index in [1.54, 1.807) is 30.3 Å². The third-order valence-electron chi connectivity index (χ3n) is 5.01. The molecule has 0 aromatic heterocycles. The quantitative estimate of drug-likeness (QED) is 0.295.